The maximum absolute atomic E-state index is 12.7. The third-order valence-electron chi connectivity index (χ3n) is 4.69. The second-order valence-electron chi connectivity index (χ2n) is 8.01. The molecule has 32 heavy (non-hydrogen) atoms. The summed E-state index contributed by atoms with van der Waals surface area (Å²) in [5.74, 6) is -2.47. The van der Waals surface area contributed by atoms with Crippen LogP contribution in [0.3, 0.4) is 0 Å². The van der Waals surface area contributed by atoms with Crippen molar-refractivity contribution in [3.63, 3.8) is 0 Å². The Morgan fingerprint density at radius 2 is 1.47 bits per heavy atom. The minimum Gasteiger partial charge on any atom is -0.480 e. The van der Waals surface area contributed by atoms with Crippen molar-refractivity contribution >= 4 is 35.5 Å². The van der Waals surface area contributed by atoms with Gasteiger partial charge in [-0.25, -0.2) is 4.79 Å². The molecule has 0 aromatic heterocycles. The molecule has 0 aliphatic rings. The predicted octanol–water partition coefficient (Wildman–Crippen LogP) is -1.23. The van der Waals surface area contributed by atoms with E-state index in [0.29, 0.717) is 31.6 Å². The van der Waals surface area contributed by atoms with Gasteiger partial charge in [-0.15, -0.1) is 0 Å². The number of rotatable bonds is 17. The van der Waals surface area contributed by atoms with Gasteiger partial charge in [-0.2, -0.15) is 11.8 Å². The summed E-state index contributed by atoms with van der Waals surface area (Å²) < 4.78 is 0. The van der Waals surface area contributed by atoms with E-state index < -0.39 is 54.5 Å². The molecule has 0 saturated carbocycles. The first-order valence-electron chi connectivity index (χ1n) is 10.8. The smallest absolute Gasteiger partial charge is 0.326 e. The number of thioether (sulfide) groups is 1. The molecule has 0 aliphatic carbocycles. The second kappa shape index (κ2) is 16.7. The SMILES string of the molecule is CSCCC(N)C(=O)NC(CO)C(=O)NC(CCCCN)C(=O)NC(CC(C)C)C(=O)O. The summed E-state index contributed by atoms with van der Waals surface area (Å²) in [6.07, 6.45) is 3.87. The summed E-state index contributed by atoms with van der Waals surface area (Å²) in [6.45, 7) is 3.38. The highest BCUT2D eigenvalue weighted by atomic mass is 32.2. The summed E-state index contributed by atoms with van der Waals surface area (Å²) in [5.41, 5.74) is 11.3. The standard InChI is InChI=1S/C20H39N5O6S/c1-12(2)10-15(20(30)31)24-18(28)14(6-4-5-8-21)23-19(29)16(11-26)25-17(27)13(22)7-9-32-3/h12-16,26H,4-11,21-22H2,1-3H3,(H,23,29)(H,24,28)(H,25,27)(H,30,31). The number of aliphatic hydroxyl groups excluding tert-OH is 1. The van der Waals surface area contributed by atoms with Crippen molar-refractivity contribution in [3.05, 3.63) is 0 Å². The average Bonchev–Trinajstić information content (AvgIpc) is 2.73. The second-order valence-corrected chi connectivity index (χ2v) is 8.99. The van der Waals surface area contributed by atoms with Gasteiger partial charge in [0.2, 0.25) is 17.7 Å². The molecule has 0 saturated heterocycles. The molecule has 9 N–H and O–H groups in total. The highest BCUT2D eigenvalue weighted by molar-refractivity contribution is 7.98. The maximum Gasteiger partial charge on any atom is 0.326 e. The molecule has 186 valence electrons. The largest absolute Gasteiger partial charge is 0.480 e. The zero-order valence-corrected chi connectivity index (χ0v) is 20.0. The Morgan fingerprint density at radius 1 is 0.906 bits per heavy atom. The minimum atomic E-state index is -1.29. The lowest BCUT2D eigenvalue weighted by molar-refractivity contribution is -0.143. The van der Waals surface area contributed by atoms with E-state index in [1.165, 1.54) is 11.8 Å². The molecule has 0 spiro atoms. The summed E-state index contributed by atoms with van der Waals surface area (Å²) in [7, 11) is 0. The van der Waals surface area contributed by atoms with E-state index in [9.17, 15) is 29.4 Å². The van der Waals surface area contributed by atoms with Gasteiger partial charge in [-0.3, -0.25) is 14.4 Å². The lowest BCUT2D eigenvalue weighted by atomic mass is 10.0. The van der Waals surface area contributed by atoms with Crippen molar-refractivity contribution in [1.82, 2.24) is 16.0 Å². The van der Waals surface area contributed by atoms with Gasteiger partial charge in [0.15, 0.2) is 0 Å². The number of carbonyl (C=O) groups excluding carboxylic acids is 3. The third kappa shape index (κ3) is 12.2. The third-order valence-corrected chi connectivity index (χ3v) is 5.33. The average molecular weight is 478 g/mol. The first-order valence-corrected chi connectivity index (χ1v) is 12.2. The number of hydrogen-bond donors (Lipinski definition) is 7. The number of aliphatic carboxylic acids is 1. The van der Waals surface area contributed by atoms with E-state index in [4.69, 9.17) is 11.5 Å². The van der Waals surface area contributed by atoms with Crippen molar-refractivity contribution in [3.8, 4) is 0 Å². The number of nitrogens with one attached hydrogen (secondary N) is 3. The van der Waals surface area contributed by atoms with Gasteiger partial charge in [-0.05, 0) is 56.6 Å². The lowest BCUT2D eigenvalue weighted by Crippen LogP contribution is -2.58. The summed E-state index contributed by atoms with van der Waals surface area (Å²) in [4.78, 5) is 49.0. The highest BCUT2D eigenvalue weighted by Crippen LogP contribution is 2.08. The minimum absolute atomic E-state index is 0.0333. The van der Waals surface area contributed by atoms with Crippen molar-refractivity contribution < 1.29 is 29.4 Å². The van der Waals surface area contributed by atoms with Crippen molar-refractivity contribution in [2.24, 2.45) is 17.4 Å². The molecular formula is C20H39N5O6S. The molecular weight excluding hydrogens is 438 g/mol. The van der Waals surface area contributed by atoms with Crippen LogP contribution in [0.2, 0.25) is 0 Å². The normalized spacial score (nSPS) is 14.8. The van der Waals surface area contributed by atoms with Crippen molar-refractivity contribution in [1.29, 1.82) is 0 Å². The number of nitrogens with two attached hydrogens (primary N) is 2. The number of amides is 3. The van der Waals surface area contributed by atoms with Crippen LogP contribution in [0, 0.1) is 5.92 Å². The van der Waals surface area contributed by atoms with Crippen LogP contribution in [-0.2, 0) is 19.2 Å². The Labute approximate surface area is 193 Å². The molecule has 0 aromatic carbocycles. The van der Waals surface area contributed by atoms with Gasteiger partial charge in [0.1, 0.15) is 18.1 Å². The molecule has 0 fully saturated rings. The van der Waals surface area contributed by atoms with Crippen molar-refractivity contribution in [2.45, 2.75) is 70.1 Å². The van der Waals surface area contributed by atoms with E-state index in [2.05, 4.69) is 16.0 Å². The first-order chi connectivity index (χ1) is 15.1. The predicted molar refractivity (Wildman–Crippen MR) is 124 cm³/mol. The van der Waals surface area contributed by atoms with Crippen LogP contribution >= 0.6 is 11.8 Å². The van der Waals surface area contributed by atoms with Crippen LogP contribution in [-0.4, -0.2) is 83.2 Å². The van der Waals surface area contributed by atoms with Crippen molar-refractivity contribution in [2.75, 3.05) is 25.2 Å². The summed E-state index contributed by atoms with van der Waals surface area (Å²) in [5, 5.41) is 26.3. The number of hydrogen-bond acceptors (Lipinski definition) is 8. The maximum atomic E-state index is 12.7. The van der Waals surface area contributed by atoms with Crippen LogP contribution in [0.25, 0.3) is 0 Å². The molecule has 11 nitrogen and oxygen atoms in total. The van der Waals surface area contributed by atoms with E-state index in [1.54, 1.807) is 0 Å². The number of unbranched alkanes of at least 4 members (excludes halogenated alkanes) is 1. The van der Waals surface area contributed by atoms with Crippen LogP contribution in [0.5, 0.6) is 0 Å². The molecule has 4 unspecified atom stereocenters. The molecule has 0 bridgehead atoms. The number of aliphatic hydroxyl groups is 1. The number of carboxylic acids is 1. The Kier molecular flexibility index (Phi) is 15.7. The zero-order chi connectivity index (χ0) is 24.7. The van der Waals surface area contributed by atoms with Crippen LogP contribution in [0.15, 0.2) is 0 Å². The zero-order valence-electron chi connectivity index (χ0n) is 19.1. The fraction of sp³-hybridized carbons (Fsp3) is 0.800. The van der Waals surface area contributed by atoms with Crippen LogP contribution < -0.4 is 27.4 Å². The summed E-state index contributed by atoms with van der Waals surface area (Å²) >= 11 is 1.53. The molecule has 0 radical (unpaired) electrons. The highest BCUT2D eigenvalue weighted by Gasteiger charge is 2.30. The van der Waals surface area contributed by atoms with Gasteiger partial charge in [-0.1, -0.05) is 13.8 Å². The number of carbonyl (C=O) groups is 4. The molecule has 4 atom stereocenters. The Hall–Kier alpha value is -1.89. The molecule has 0 rings (SSSR count). The molecule has 0 aliphatic heterocycles. The van der Waals surface area contributed by atoms with Gasteiger partial charge in [0, 0.05) is 0 Å². The topological polar surface area (TPSA) is 197 Å². The van der Waals surface area contributed by atoms with E-state index in [-0.39, 0.29) is 18.8 Å². The Morgan fingerprint density at radius 3 is 1.97 bits per heavy atom. The Bertz CT molecular complexity index is 607. The fourth-order valence-electron chi connectivity index (χ4n) is 2.85. The molecule has 3 amide bonds. The van der Waals surface area contributed by atoms with Crippen LogP contribution in [0.1, 0.15) is 46.0 Å². The summed E-state index contributed by atoms with van der Waals surface area (Å²) in [6, 6.07) is -4.27. The van der Waals surface area contributed by atoms with E-state index in [0.717, 1.165) is 0 Å². The van der Waals surface area contributed by atoms with E-state index in [1.807, 2.05) is 20.1 Å². The molecule has 12 heteroatoms. The van der Waals surface area contributed by atoms with Gasteiger partial charge in [0.05, 0.1) is 12.6 Å². The Balaban J connectivity index is 5.22. The quantitative estimate of drug-likeness (QED) is 0.125. The van der Waals surface area contributed by atoms with E-state index >= 15 is 0 Å². The first kappa shape index (κ1) is 30.1. The van der Waals surface area contributed by atoms with Gasteiger partial charge < -0.3 is 37.6 Å². The van der Waals surface area contributed by atoms with Gasteiger partial charge in [0.25, 0.3) is 0 Å². The molecule has 0 heterocycles. The monoisotopic (exact) mass is 477 g/mol. The molecule has 0 aromatic rings. The lowest BCUT2D eigenvalue weighted by Gasteiger charge is -2.25. The number of carboxylic acid groups (broad SMARTS) is 1. The fourth-order valence-corrected chi connectivity index (χ4v) is 3.34. The van der Waals surface area contributed by atoms with Gasteiger partial charge >= 0.3 is 5.97 Å². The van der Waals surface area contributed by atoms with Crippen LogP contribution in [0.4, 0.5) is 0 Å².